The number of amides is 1. The quantitative estimate of drug-likeness (QED) is 0.884. The van der Waals surface area contributed by atoms with Crippen LogP contribution in [0, 0.1) is 0 Å². The lowest BCUT2D eigenvalue weighted by molar-refractivity contribution is -0.134. The minimum Gasteiger partial charge on any atom is -0.366 e. The van der Waals surface area contributed by atoms with Crippen molar-refractivity contribution in [2.75, 3.05) is 26.2 Å². The first-order valence-electron chi connectivity index (χ1n) is 6.10. The van der Waals surface area contributed by atoms with E-state index in [0.29, 0.717) is 19.7 Å². The highest BCUT2D eigenvalue weighted by molar-refractivity contribution is 6.30. The van der Waals surface area contributed by atoms with Gasteiger partial charge in [-0.1, -0.05) is 23.7 Å². The Labute approximate surface area is 124 Å². The van der Waals surface area contributed by atoms with Crippen molar-refractivity contribution in [1.29, 1.82) is 0 Å². The molecule has 4 nitrogen and oxygen atoms in total. The zero-order chi connectivity index (χ0) is 12.8. The van der Waals surface area contributed by atoms with Gasteiger partial charge in [-0.15, -0.1) is 12.4 Å². The molecule has 1 aromatic rings. The van der Waals surface area contributed by atoms with E-state index in [0.717, 1.165) is 23.6 Å². The molecule has 0 bridgehead atoms. The van der Waals surface area contributed by atoms with Gasteiger partial charge in [0.1, 0.15) is 6.10 Å². The Bertz CT molecular complexity index is 409. The van der Waals surface area contributed by atoms with Crippen LogP contribution in [0.1, 0.15) is 5.56 Å². The van der Waals surface area contributed by atoms with Crippen molar-refractivity contribution >= 4 is 29.9 Å². The molecule has 6 heteroatoms. The van der Waals surface area contributed by atoms with Gasteiger partial charge in [-0.2, -0.15) is 0 Å². The number of hydrogen-bond acceptors (Lipinski definition) is 3. The number of hydrogen-bond donors (Lipinski definition) is 2. The van der Waals surface area contributed by atoms with Crippen LogP contribution < -0.4 is 10.6 Å². The summed E-state index contributed by atoms with van der Waals surface area (Å²) in [5.41, 5.74) is 1.12. The first-order valence-corrected chi connectivity index (χ1v) is 6.48. The molecule has 1 heterocycles. The Morgan fingerprint density at radius 3 is 3.05 bits per heavy atom. The van der Waals surface area contributed by atoms with Crippen LogP contribution in [-0.4, -0.2) is 38.3 Å². The van der Waals surface area contributed by atoms with Crippen molar-refractivity contribution in [2.45, 2.75) is 12.5 Å². The molecule has 2 rings (SSSR count). The molecule has 0 saturated carbocycles. The highest BCUT2D eigenvalue weighted by Gasteiger charge is 2.20. The monoisotopic (exact) mass is 304 g/mol. The standard InChI is InChI=1S/C13H17ClN2O2.ClH/c14-11-3-1-2-10(8-11)4-5-16-13(17)12-9-15-6-7-18-12;/h1-3,8,12,15H,4-7,9H2,(H,16,17);1H. The van der Waals surface area contributed by atoms with Crippen molar-refractivity contribution in [3.63, 3.8) is 0 Å². The van der Waals surface area contributed by atoms with Crippen molar-refractivity contribution < 1.29 is 9.53 Å². The van der Waals surface area contributed by atoms with Gasteiger partial charge in [0.05, 0.1) is 6.61 Å². The SMILES string of the molecule is Cl.O=C(NCCc1cccc(Cl)c1)C1CNCCO1. The Kier molecular flexibility index (Phi) is 7.16. The first-order chi connectivity index (χ1) is 8.75. The van der Waals surface area contributed by atoms with Crippen molar-refractivity contribution in [2.24, 2.45) is 0 Å². The Balaban J connectivity index is 0.00000180. The van der Waals surface area contributed by atoms with Gasteiger partial charge in [0, 0.05) is 24.7 Å². The third-order valence-electron chi connectivity index (χ3n) is 2.82. The fraction of sp³-hybridized carbons (Fsp3) is 0.462. The van der Waals surface area contributed by atoms with E-state index in [1.807, 2.05) is 24.3 Å². The number of benzene rings is 1. The smallest absolute Gasteiger partial charge is 0.250 e. The number of carbonyl (C=O) groups excluding carboxylic acids is 1. The second-order valence-electron chi connectivity index (χ2n) is 4.23. The maximum atomic E-state index is 11.8. The molecule has 1 aromatic carbocycles. The summed E-state index contributed by atoms with van der Waals surface area (Å²) in [5.74, 6) is -0.0516. The Morgan fingerprint density at radius 2 is 2.37 bits per heavy atom. The zero-order valence-corrected chi connectivity index (χ0v) is 12.1. The molecule has 0 spiro atoms. The maximum absolute atomic E-state index is 11.8. The lowest BCUT2D eigenvalue weighted by Gasteiger charge is -2.22. The van der Waals surface area contributed by atoms with E-state index in [1.54, 1.807) is 0 Å². The summed E-state index contributed by atoms with van der Waals surface area (Å²) in [6.45, 7) is 2.58. The summed E-state index contributed by atoms with van der Waals surface area (Å²) < 4.78 is 5.37. The second-order valence-corrected chi connectivity index (χ2v) is 4.67. The van der Waals surface area contributed by atoms with Crippen LogP contribution in [-0.2, 0) is 16.0 Å². The fourth-order valence-corrected chi connectivity index (χ4v) is 2.08. The number of halogens is 2. The van der Waals surface area contributed by atoms with Crippen molar-refractivity contribution in [3.05, 3.63) is 34.9 Å². The molecule has 106 valence electrons. The van der Waals surface area contributed by atoms with E-state index in [-0.39, 0.29) is 24.4 Å². The summed E-state index contributed by atoms with van der Waals surface area (Å²) in [6, 6.07) is 7.65. The number of rotatable bonds is 4. The van der Waals surface area contributed by atoms with Crippen molar-refractivity contribution in [3.8, 4) is 0 Å². The Hall–Kier alpha value is -0.810. The molecule has 1 amide bonds. The van der Waals surface area contributed by atoms with Gasteiger partial charge in [-0.05, 0) is 24.1 Å². The molecule has 2 N–H and O–H groups in total. The molecule has 1 aliphatic rings. The van der Waals surface area contributed by atoms with E-state index < -0.39 is 0 Å². The van der Waals surface area contributed by atoms with E-state index in [2.05, 4.69) is 10.6 Å². The highest BCUT2D eigenvalue weighted by atomic mass is 35.5. The predicted octanol–water partition coefficient (Wildman–Crippen LogP) is 1.41. The average molecular weight is 305 g/mol. The maximum Gasteiger partial charge on any atom is 0.250 e. The predicted molar refractivity (Wildman–Crippen MR) is 78.0 cm³/mol. The van der Waals surface area contributed by atoms with Gasteiger partial charge in [-0.3, -0.25) is 4.79 Å². The van der Waals surface area contributed by atoms with Gasteiger partial charge in [0.2, 0.25) is 5.91 Å². The van der Waals surface area contributed by atoms with E-state index in [9.17, 15) is 4.79 Å². The second kappa shape index (κ2) is 8.38. The first kappa shape index (κ1) is 16.2. The third-order valence-corrected chi connectivity index (χ3v) is 3.06. The molecule has 0 aliphatic carbocycles. The molecule has 1 atom stereocenters. The van der Waals surface area contributed by atoms with Crippen LogP contribution >= 0.6 is 24.0 Å². The van der Waals surface area contributed by atoms with Crippen LogP contribution in [0.4, 0.5) is 0 Å². The van der Waals surface area contributed by atoms with Crippen LogP contribution in [0.15, 0.2) is 24.3 Å². The van der Waals surface area contributed by atoms with E-state index in [1.165, 1.54) is 0 Å². The van der Waals surface area contributed by atoms with Crippen LogP contribution in [0.3, 0.4) is 0 Å². The average Bonchev–Trinajstić information content (AvgIpc) is 2.40. The number of morpholine rings is 1. The molecule has 1 saturated heterocycles. The zero-order valence-electron chi connectivity index (χ0n) is 10.5. The van der Waals surface area contributed by atoms with E-state index >= 15 is 0 Å². The van der Waals surface area contributed by atoms with Crippen LogP contribution in [0.25, 0.3) is 0 Å². The minimum atomic E-state index is -0.363. The van der Waals surface area contributed by atoms with Crippen LogP contribution in [0.2, 0.25) is 5.02 Å². The summed E-state index contributed by atoms with van der Waals surface area (Å²) in [7, 11) is 0. The number of carbonyl (C=O) groups is 1. The van der Waals surface area contributed by atoms with Crippen molar-refractivity contribution in [1.82, 2.24) is 10.6 Å². The van der Waals surface area contributed by atoms with E-state index in [4.69, 9.17) is 16.3 Å². The molecule has 1 fully saturated rings. The normalized spacial score (nSPS) is 18.5. The number of nitrogens with one attached hydrogen (secondary N) is 2. The largest absolute Gasteiger partial charge is 0.366 e. The summed E-state index contributed by atoms with van der Waals surface area (Å²) in [6.07, 6.45) is 0.407. The summed E-state index contributed by atoms with van der Waals surface area (Å²) >= 11 is 5.89. The molecule has 0 radical (unpaired) electrons. The van der Waals surface area contributed by atoms with Crippen LogP contribution in [0.5, 0.6) is 0 Å². The Morgan fingerprint density at radius 1 is 1.53 bits per heavy atom. The lowest BCUT2D eigenvalue weighted by atomic mass is 10.1. The molecule has 1 aliphatic heterocycles. The molecular weight excluding hydrogens is 287 g/mol. The number of ether oxygens (including phenoxy) is 1. The highest BCUT2D eigenvalue weighted by Crippen LogP contribution is 2.10. The third kappa shape index (κ3) is 5.37. The summed E-state index contributed by atoms with van der Waals surface area (Å²) in [5, 5.41) is 6.72. The lowest BCUT2D eigenvalue weighted by Crippen LogP contribution is -2.48. The molecule has 19 heavy (non-hydrogen) atoms. The molecular formula is C13H18Cl2N2O2. The summed E-state index contributed by atoms with van der Waals surface area (Å²) in [4.78, 5) is 11.8. The van der Waals surface area contributed by atoms with Gasteiger partial charge in [0.15, 0.2) is 0 Å². The topological polar surface area (TPSA) is 50.4 Å². The fourth-order valence-electron chi connectivity index (χ4n) is 1.87. The minimum absolute atomic E-state index is 0. The van der Waals surface area contributed by atoms with Gasteiger partial charge < -0.3 is 15.4 Å². The van der Waals surface area contributed by atoms with Gasteiger partial charge in [-0.25, -0.2) is 0 Å². The van der Waals surface area contributed by atoms with Gasteiger partial charge >= 0.3 is 0 Å². The van der Waals surface area contributed by atoms with Gasteiger partial charge in [0.25, 0.3) is 0 Å². The molecule has 0 aromatic heterocycles. The molecule has 1 unspecified atom stereocenters.